The van der Waals surface area contributed by atoms with Crippen molar-refractivity contribution >= 4 is 6.03 Å². The second-order valence-corrected chi connectivity index (χ2v) is 6.01. The lowest BCUT2D eigenvalue weighted by molar-refractivity contribution is 0.161. The van der Waals surface area contributed by atoms with Crippen molar-refractivity contribution in [2.24, 2.45) is 5.92 Å². The molecule has 2 amide bonds. The summed E-state index contributed by atoms with van der Waals surface area (Å²) in [7, 11) is 0. The fourth-order valence-corrected chi connectivity index (χ4v) is 2.90. The molecule has 1 atom stereocenters. The number of piperidine rings is 1. The van der Waals surface area contributed by atoms with Crippen LogP contribution in [0.25, 0.3) is 0 Å². The molecule has 1 aliphatic rings. The Bertz CT molecular complexity index is 607. The molecule has 23 heavy (non-hydrogen) atoms. The van der Waals surface area contributed by atoms with E-state index >= 15 is 0 Å². The van der Waals surface area contributed by atoms with Gasteiger partial charge in [0.05, 0.1) is 6.04 Å². The highest BCUT2D eigenvalue weighted by Gasteiger charge is 2.24. The third-order valence-electron chi connectivity index (χ3n) is 4.34. The van der Waals surface area contributed by atoms with Crippen molar-refractivity contribution in [1.29, 1.82) is 0 Å². The molecule has 3 rings (SSSR count). The Labute approximate surface area is 135 Å². The molecule has 2 aromatic rings. The molecule has 0 saturated carbocycles. The van der Waals surface area contributed by atoms with Crippen molar-refractivity contribution < 1.29 is 4.79 Å². The SMILES string of the molecule is CC(NC(=O)N1CCC(Cn2cncn2)CC1)c1cccnc1. The molecule has 1 unspecified atom stereocenters. The van der Waals surface area contributed by atoms with Gasteiger partial charge in [0.1, 0.15) is 12.7 Å². The zero-order chi connectivity index (χ0) is 16.1. The summed E-state index contributed by atoms with van der Waals surface area (Å²) < 4.78 is 1.87. The van der Waals surface area contributed by atoms with E-state index in [9.17, 15) is 4.79 Å². The molecule has 1 saturated heterocycles. The highest BCUT2D eigenvalue weighted by molar-refractivity contribution is 5.74. The number of urea groups is 1. The van der Waals surface area contributed by atoms with E-state index in [1.165, 1.54) is 0 Å². The molecule has 0 radical (unpaired) electrons. The van der Waals surface area contributed by atoms with Crippen molar-refractivity contribution in [3.8, 4) is 0 Å². The van der Waals surface area contributed by atoms with Crippen LogP contribution in [0.5, 0.6) is 0 Å². The number of carbonyl (C=O) groups is 1. The zero-order valence-electron chi connectivity index (χ0n) is 13.3. The van der Waals surface area contributed by atoms with E-state index in [4.69, 9.17) is 0 Å². The van der Waals surface area contributed by atoms with Crippen LogP contribution < -0.4 is 5.32 Å². The number of aromatic nitrogens is 4. The lowest BCUT2D eigenvalue weighted by Gasteiger charge is -2.32. The number of rotatable bonds is 4. The summed E-state index contributed by atoms with van der Waals surface area (Å²) in [5.41, 5.74) is 1.02. The lowest BCUT2D eigenvalue weighted by atomic mass is 9.97. The van der Waals surface area contributed by atoms with E-state index in [2.05, 4.69) is 20.4 Å². The molecule has 0 aliphatic carbocycles. The second kappa shape index (κ2) is 7.21. The highest BCUT2D eigenvalue weighted by Crippen LogP contribution is 2.19. The van der Waals surface area contributed by atoms with Crippen LogP contribution in [0.2, 0.25) is 0 Å². The van der Waals surface area contributed by atoms with E-state index in [1.807, 2.05) is 28.6 Å². The Hall–Kier alpha value is -2.44. The molecular formula is C16H22N6O. The normalized spacial score (nSPS) is 17.0. The van der Waals surface area contributed by atoms with Gasteiger partial charge in [-0.25, -0.2) is 9.78 Å². The van der Waals surface area contributed by atoms with E-state index in [0.29, 0.717) is 5.92 Å². The van der Waals surface area contributed by atoms with Crippen molar-refractivity contribution in [2.45, 2.75) is 32.4 Å². The van der Waals surface area contributed by atoms with Gasteiger partial charge in [0.25, 0.3) is 0 Å². The van der Waals surface area contributed by atoms with Gasteiger partial charge in [0.2, 0.25) is 0 Å². The van der Waals surface area contributed by atoms with E-state index in [0.717, 1.165) is 38.0 Å². The standard InChI is InChI=1S/C16H22N6O/c1-13(15-3-2-6-17-9-15)20-16(23)21-7-4-14(5-8-21)10-22-12-18-11-19-22/h2-3,6,9,11-14H,4-5,7-8,10H2,1H3,(H,20,23). The number of amides is 2. The predicted molar refractivity (Wildman–Crippen MR) is 85.5 cm³/mol. The van der Waals surface area contributed by atoms with Gasteiger partial charge >= 0.3 is 6.03 Å². The molecule has 7 nitrogen and oxygen atoms in total. The summed E-state index contributed by atoms with van der Waals surface area (Å²) >= 11 is 0. The van der Waals surface area contributed by atoms with E-state index < -0.39 is 0 Å². The van der Waals surface area contributed by atoms with Gasteiger partial charge in [-0.2, -0.15) is 5.10 Å². The summed E-state index contributed by atoms with van der Waals surface area (Å²) in [6, 6.07) is 3.82. The van der Waals surface area contributed by atoms with E-state index in [1.54, 1.807) is 25.0 Å². The molecule has 1 fully saturated rings. The Morgan fingerprint density at radius 1 is 1.39 bits per heavy atom. The molecule has 0 bridgehead atoms. The van der Waals surface area contributed by atoms with Gasteiger partial charge in [-0.05, 0) is 37.3 Å². The Balaban J connectivity index is 1.46. The first-order valence-electron chi connectivity index (χ1n) is 8.00. The number of hydrogen-bond acceptors (Lipinski definition) is 4. The number of likely N-dealkylation sites (tertiary alicyclic amines) is 1. The zero-order valence-corrected chi connectivity index (χ0v) is 13.3. The summed E-state index contributed by atoms with van der Waals surface area (Å²) in [6.07, 6.45) is 8.81. The molecule has 0 aromatic carbocycles. The summed E-state index contributed by atoms with van der Waals surface area (Å²) in [5.74, 6) is 0.552. The Morgan fingerprint density at radius 2 is 2.22 bits per heavy atom. The molecule has 3 heterocycles. The Morgan fingerprint density at radius 3 is 2.87 bits per heavy atom. The smallest absolute Gasteiger partial charge is 0.317 e. The molecule has 7 heteroatoms. The average molecular weight is 314 g/mol. The van der Waals surface area contributed by atoms with Crippen molar-refractivity contribution in [1.82, 2.24) is 30.0 Å². The van der Waals surface area contributed by atoms with E-state index in [-0.39, 0.29) is 12.1 Å². The van der Waals surface area contributed by atoms with Gasteiger partial charge in [-0.3, -0.25) is 9.67 Å². The fraction of sp³-hybridized carbons (Fsp3) is 0.500. The Kier molecular flexibility index (Phi) is 4.85. The van der Waals surface area contributed by atoms with Crippen LogP contribution in [0.15, 0.2) is 37.2 Å². The number of nitrogens with one attached hydrogen (secondary N) is 1. The molecule has 1 N–H and O–H groups in total. The molecule has 0 spiro atoms. The van der Waals surface area contributed by atoms with Crippen molar-refractivity contribution in [3.63, 3.8) is 0 Å². The quantitative estimate of drug-likeness (QED) is 0.934. The number of pyridine rings is 1. The lowest BCUT2D eigenvalue weighted by Crippen LogP contribution is -2.45. The largest absolute Gasteiger partial charge is 0.331 e. The minimum Gasteiger partial charge on any atom is -0.331 e. The summed E-state index contributed by atoms with van der Waals surface area (Å²) in [4.78, 5) is 22.3. The summed E-state index contributed by atoms with van der Waals surface area (Å²) in [5, 5.41) is 7.19. The number of carbonyl (C=O) groups excluding carboxylic acids is 1. The van der Waals surface area contributed by atoms with Crippen LogP contribution >= 0.6 is 0 Å². The average Bonchev–Trinajstić information content (AvgIpc) is 3.09. The molecule has 1 aliphatic heterocycles. The molecule has 2 aromatic heterocycles. The van der Waals surface area contributed by atoms with Crippen molar-refractivity contribution in [3.05, 3.63) is 42.7 Å². The minimum absolute atomic E-state index is 0.000518. The van der Waals surface area contributed by atoms with Gasteiger partial charge in [-0.1, -0.05) is 6.07 Å². The predicted octanol–water partition coefficient (Wildman–Crippen LogP) is 1.86. The van der Waals surface area contributed by atoms with Gasteiger partial charge < -0.3 is 10.2 Å². The van der Waals surface area contributed by atoms with Crippen LogP contribution in [-0.4, -0.2) is 43.8 Å². The van der Waals surface area contributed by atoms with Crippen LogP contribution in [0.1, 0.15) is 31.4 Å². The highest BCUT2D eigenvalue weighted by atomic mass is 16.2. The topological polar surface area (TPSA) is 75.9 Å². The summed E-state index contributed by atoms with van der Waals surface area (Å²) in [6.45, 7) is 4.42. The number of nitrogens with zero attached hydrogens (tertiary/aromatic N) is 5. The first-order chi connectivity index (χ1) is 11.2. The van der Waals surface area contributed by atoms with Crippen LogP contribution in [0, 0.1) is 5.92 Å². The maximum Gasteiger partial charge on any atom is 0.317 e. The van der Waals surface area contributed by atoms with Crippen molar-refractivity contribution in [2.75, 3.05) is 13.1 Å². The first kappa shape index (κ1) is 15.5. The fourth-order valence-electron chi connectivity index (χ4n) is 2.90. The molecule has 122 valence electrons. The van der Waals surface area contributed by atoms with Crippen LogP contribution in [-0.2, 0) is 6.54 Å². The van der Waals surface area contributed by atoms with Gasteiger partial charge in [0.15, 0.2) is 0 Å². The minimum atomic E-state index is -0.0379. The molecular weight excluding hydrogens is 292 g/mol. The van der Waals surface area contributed by atoms with Crippen LogP contribution in [0.3, 0.4) is 0 Å². The third-order valence-corrected chi connectivity index (χ3v) is 4.34. The van der Waals surface area contributed by atoms with Crippen LogP contribution in [0.4, 0.5) is 4.79 Å². The maximum atomic E-state index is 12.4. The van der Waals surface area contributed by atoms with Gasteiger partial charge in [-0.15, -0.1) is 0 Å². The first-order valence-corrected chi connectivity index (χ1v) is 8.00. The third kappa shape index (κ3) is 4.06. The number of hydrogen-bond donors (Lipinski definition) is 1. The monoisotopic (exact) mass is 314 g/mol. The second-order valence-electron chi connectivity index (χ2n) is 6.01. The van der Waals surface area contributed by atoms with Gasteiger partial charge in [0, 0.05) is 32.0 Å². The maximum absolute atomic E-state index is 12.4.